The van der Waals surface area contributed by atoms with E-state index in [2.05, 4.69) is 48.3 Å². The first-order valence-electron chi connectivity index (χ1n) is 10.8. The van der Waals surface area contributed by atoms with Crippen molar-refractivity contribution in [3.05, 3.63) is 65.4 Å². The molecule has 1 heterocycles. The van der Waals surface area contributed by atoms with Crippen LogP contribution in [0.15, 0.2) is 59.8 Å². The molecule has 5 heteroatoms. The van der Waals surface area contributed by atoms with Crippen molar-refractivity contribution in [2.75, 3.05) is 28.2 Å². The summed E-state index contributed by atoms with van der Waals surface area (Å²) < 4.78 is 0. The number of fused-ring (bicyclic) bond motifs is 1. The molecule has 2 aromatic rings. The molecule has 5 nitrogen and oxygen atoms in total. The van der Waals surface area contributed by atoms with Crippen molar-refractivity contribution in [2.24, 2.45) is 0 Å². The lowest BCUT2D eigenvalue weighted by Crippen LogP contribution is -2.36. The van der Waals surface area contributed by atoms with Gasteiger partial charge in [-0.25, -0.2) is 0 Å². The summed E-state index contributed by atoms with van der Waals surface area (Å²) in [5.41, 5.74) is 5.46. The number of ketones is 1. The number of carbonyl (C=O) groups is 2. The maximum Gasteiger partial charge on any atom is 0.224 e. The highest BCUT2D eigenvalue weighted by molar-refractivity contribution is 6.05. The number of amides is 1. The minimum atomic E-state index is -0.424. The third kappa shape index (κ3) is 3.49. The Bertz CT molecular complexity index is 990. The lowest BCUT2D eigenvalue weighted by Gasteiger charge is -2.33. The van der Waals surface area contributed by atoms with Crippen LogP contribution in [-0.4, -0.2) is 24.8 Å². The predicted molar refractivity (Wildman–Crippen MR) is 122 cm³/mol. The van der Waals surface area contributed by atoms with Gasteiger partial charge in [-0.15, -0.1) is 0 Å². The molecule has 1 atom stereocenters. The van der Waals surface area contributed by atoms with E-state index in [0.29, 0.717) is 6.42 Å². The van der Waals surface area contributed by atoms with Crippen molar-refractivity contribution in [2.45, 2.75) is 46.1 Å². The maximum absolute atomic E-state index is 13.1. The number of hydrogen-bond acceptors (Lipinski definition) is 4. The van der Waals surface area contributed by atoms with Crippen LogP contribution in [0, 0.1) is 0 Å². The van der Waals surface area contributed by atoms with Gasteiger partial charge in [0.15, 0.2) is 5.78 Å². The SMILES string of the molecule is CCN(CC)c1ccc(C2C3=C(CCCC3=O)Nc3ccccc3N2C(C)=O)cc1. The van der Waals surface area contributed by atoms with E-state index in [1.165, 1.54) is 0 Å². The van der Waals surface area contributed by atoms with Crippen molar-refractivity contribution in [1.29, 1.82) is 0 Å². The van der Waals surface area contributed by atoms with Crippen LogP contribution >= 0.6 is 0 Å². The molecule has 156 valence electrons. The normalized spacial score (nSPS) is 18.3. The van der Waals surface area contributed by atoms with Crippen molar-refractivity contribution >= 4 is 28.8 Å². The van der Waals surface area contributed by atoms with E-state index in [1.807, 2.05) is 24.3 Å². The summed E-state index contributed by atoms with van der Waals surface area (Å²) in [4.78, 5) is 30.1. The van der Waals surface area contributed by atoms with Gasteiger partial charge in [0.2, 0.25) is 5.91 Å². The zero-order valence-electron chi connectivity index (χ0n) is 17.9. The fourth-order valence-electron chi connectivity index (χ4n) is 4.65. The molecule has 1 aliphatic heterocycles. The largest absolute Gasteiger partial charge is 0.372 e. The van der Waals surface area contributed by atoms with Crippen LogP contribution in [0.25, 0.3) is 0 Å². The number of Topliss-reactive ketones (excluding diaryl/α,β-unsaturated/α-hetero) is 1. The summed E-state index contributed by atoms with van der Waals surface area (Å²) in [6.45, 7) is 7.72. The topological polar surface area (TPSA) is 52.7 Å². The molecule has 0 fully saturated rings. The summed E-state index contributed by atoms with van der Waals surface area (Å²) >= 11 is 0. The molecule has 0 aromatic heterocycles. The van der Waals surface area contributed by atoms with E-state index in [-0.39, 0.29) is 11.7 Å². The Kier molecular flexibility index (Phi) is 5.62. The highest BCUT2D eigenvalue weighted by atomic mass is 16.2. The number of rotatable bonds is 4. The molecule has 2 aliphatic rings. The van der Waals surface area contributed by atoms with E-state index < -0.39 is 6.04 Å². The van der Waals surface area contributed by atoms with E-state index in [9.17, 15) is 9.59 Å². The molecular formula is C25H29N3O2. The average Bonchev–Trinajstić information content (AvgIpc) is 2.90. The zero-order valence-corrected chi connectivity index (χ0v) is 17.9. The number of carbonyl (C=O) groups excluding carboxylic acids is 2. The van der Waals surface area contributed by atoms with Gasteiger partial charge in [-0.05, 0) is 56.5 Å². The van der Waals surface area contributed by atoms with Crippen molar-refractivity contribution in [1.82, 2.24) is 0 Å². The summed E-state index contributed by atoms with van der Waals surface area (Å²) in [5.74, 6) is 0.0508. The van der Waals surface area contributed by atoms with Crippen molar-refractivity contribution in [3.63, 3.8) is 0 Å². The molecule has 0 spiro atoms. The first-order valence-corrected chi connectivity index (χ1v) is 10.8. The molecule has 0 saturated carbocycles. The van der Waals surface area contributed by atoms with E-state index in [0.717, 1.165) is 59.8 Å². The van der Waals surface area contributed by atoms with Crippen molar-refractivity contribution < 1.29 is 9.59 Å². The van der Waals surface area contributed by atoms with Gasteiger partial charge in [0.1, 0.15) is 0 Å². The standard InChI is InChI=1S/C25H29N3O2/c1-4-27(5-2)19-15-13-18(14-16-19)25-24-21(10-8-12-23(24)30)26-20-9-6-7-11-22(20)28(25)17(3)29/h6-7,9,11,13-16,25-26H,4-5,8,10,12H2,1-3H3. The fraction of sp³-hybridized carbons (Fsp3) is 0.360. The van der Waals surface area contributed by atoms with Crippen LogP contribution in [0.2, 0.25) is 0 Å². The van der Waals surface area contributed by atoms with Gasteiger partial charge in [-0.1, -0.05) is 24.3 Å². The van der Waals surface area contributed by atoms with E-state index in [4.69, 9.17) is 0 Å². The summed E-state index contributed by atoms with van der Waals surface area (Å²) in [5, 5.41) is 3.48. The fourth-order valence-corrected chi connectivity index (χ4v) is 4.65. The van der Waals surface area contributed by atoms with Gasteiger partial charge < -0.3 is 10.2 Å². The second-order valence-corrected chi connectivity index (χ2v) is 7.87. The lowest BCUT2D eigenvalue weighted by molar-refractivity contribution is -0.117. The van der Waals surface area contributed by atoms with Crippen LogP contribution in [0.5, 0.6) is 0 Å². The number of nitrogens with zero attached hydrogens (tertiary/aromatic N) is 2. The Morgan fingerprint density at radius 1 is 1.07 bits per heavy atom. The van der Waals surface area contributed by atoms with Gasteiger partial charge >= 0.3 is 0 Å². The molecule has 0 radical (unpaired) electrons. The molecule has 1 unspecified atom stereocenters. The Labute approximate surface area is 178 Å². The monoisotopic (exact) mass is 403 g/mol. The Hall–Kier alpha value is -3.08. The second-order valence-electron chi connectivity index (χ2n) is 7.87. The summed E-state index contributed by atoms with van der Waals surface area (Å²) in [7, 11) is 0. The number of anilines is 3. The summed E-state index contributed by atoms with van der Waals surface area (Å²) in [6, 6.07) is 15.7. The third-order valence-corrected chi connectivity index (χ3v) is 6.11. The lowest BCUT2D eigenvalue weighted by atomic mass is 9.85. The third-order valence-electron chi connectivity index (χ3n) is 6.11. The second kappa shape index (κ2) is 8.34. The molecule has 0 saturated heterocycles. The molecule has 4 rings (SSSR count). The molecule has 1 aliphatic carbocycles. The first-order chi connectivity index (χ1) is 14.5. The minimum absolute atomic E-state index is 0.0748. The quantitative estimate of drug-likeness (QED) is 0.775. The number of benzene rings is 2. The van der Waals surface area contributed by atoms with Gasteiger partial charge in [0, 0.05) is 43.4 Å². The number of nitrogens with one attached hydrogen (secondary N) is 1. The molecule has 30 heavy (non-hydrogen) atoms. The summed E-state index contributed by atoms with van der Waals surface area (Å²) in [6.07, 6.45) is 2.17. The number of hydrogen-bond donors (Lipinski definition) is 1. The number of para-hydroxylation sites is 2. The molecular weight excluding hydrogens is 374 g/mol. The van der Waals surface area contributed by atoms with Crippen molar-refractivity contribution in [3.8, 4) is 0 Å². The van der Waals surface area contributed by atoms with Crippen LogP contribution in [0.1, 0.15) is 51.6 Å². The van der Waals surface area contributed by atoms with Gasteiger partial charge in [0.25, 0.3) is 0 Å². The number of allylic oxidation sites excluding steroid dienone is 1. The molecule has 2 aromatic carbocycles. The average molecular weight is 404 g/mol. The van der Waals surface area contributed by atoms with Crippen LogP contribution in [-0.2, 0) is 9.59 Å². The first kappa shape index (κ1) is 20.2. The van der Waals surface area contributed by atoms with Crippen LogP contribution in [0.4, 0.5) is 17.1 Å². The van der Waals surface area contributed by atoms with Gasteiger partial charge in [-0.2, -0.15) is 0 Å². The Morgan fingerprint density at radius 3 is 2.43 bits per heavy atom. The Morgan fingerprint density at radius 2 is 1.77 bits per heavy atom. The van der Waals surface area contributed by atoms with Gasteiger partial charge in [-0.3, -0.25) is 14.5 Å². The molecule has 1 amide bonds. The van der Waals surface area contributed by atoms with E-state index in [1.54, 1.807) is 11.8 Å². The Balaban J connectivity index is 1.89. The van der Waals surface area contributed by atoms with E-state index >= 15 is 0 Å². The molecule has 1 N–H and O–H groups in total. The smallest absolute Gasteiger partial charge is 0.224 e. The van der Waals surface area contributed by atoms with Crippen LogP contribution < -0.4 is 15.1 Å². The minimum Gasteiger partial charge on any atom is -0.372 e. The highest BCUT2D eigenvalue weighted by Gasteiger charge is 2.38. The molecule has 0 bridgehead atoms. The zero-order chi connectivity index (χ0) is 21.3. The van der Waals surface area contributed by atoms with Gasteiger partial charge in [0.05, 0.1) is 17.4 Å². The predicted octanol–water partition coefficient (Wildman–Crippen LogP) is 5.06. The maximum atomic E-state index is 13.1. The van der Waals surface area contributed by atoms with Crippen LogP contribution in [0.3, 0.4) is 0 Å². The highest BCUT2D eigenvalue weighted by Crippen LogP contribution is 2.44.